The van der Waals surface area contributed by atoms with Crippen LogP contribution in [-0.2, 0) is 4.74 Å². The lowest BCUT2D eigenvalue weighted by Gasteiger charge is -2.32. The number of hydrogen-bond acceptors (Lipinski definition) is 2. The van der Waals surface area contributed by atoms with Crippen LogP contribution in [0.25, 0.3) is 0 Å². The highest BCUT2D eigenvalue weighted by Gasteiger charge is 2.27. The van der Waals surface area contributed by atoms with Gasteiger partial charge in [0.2, 0.25) is 0 Å². The second kappa shape index (κ2) is 5.34. The van der Waals surface area contributed by atoms with Gasteiger partial charge in [0.1, 0.15) is 5.60 Å². The van der Waals surface area contributed by atoms with E-state index in [1.807, 2.05) is 6.20 Å². The first-order chi connectivity index (χ1) is 7.11. The van der Waals surface area contributed by atoms with Crippen LogP contribution in [-0.4, -0.2) is 11.5 Å². The number of nitrogens with zero attached hydrogens (tertiary/aromatic N) is 1. The fourth-order valence-electron chi connectivity index (χ4n) is 1.98. The van der Waals surface area contributed by atoms with Crippen molar-refractivity contribution in [3.63, 3.8) is 0 Å². The molecule has 0 radical (unpaired) electrons. The fraction of sp³-hybridized carbons (Fsp3) is 0.769. The van der Waals surface area contributed by atoms with Crippen molar-refractivity contribution in [1.29, 1.82) is 0 Å². The molecule has 1 rings (SSSR count). The second-order valence-electron chi connectivity index (χ2n) is 4.64. The van der Waals surface area contributed by atoms with Gasteiger partial charge in [0.25, 0.3) is 0 Å². The highest BCUT2D eigenvalue weighted by atomic mass is 16.5. The van der Waals surface area contributed by atoms with Gasteiger partial charge >= 0.3 is 0 Å². The molecule has 0 saturated carbocycles. The molecule has 1 aliphatic rings. The molecule has 0 amide bonds. The molecule has 0 aromatic carbocycles. The van der Waals surface area contributed by atoms with E-state index in [0.717, 1.165) is 25.2 Å². The van der Waals surface area contributed by atoms with Crippen molar-refractivity contribution < 1.29 is 4.74 Å². The highest BCUT2D eigenvalue weighted by Crippen LogP contribution is 2.26. The quantitative estimate of drug-likeness (QED) is 0.672. The molecular formula is C13H23NO. The van der Waals surface area contributed by atoms with Crippen LogP contribution >= 0.6 is 0 Å². The first-order valence-electron chi connectivity index (χ1n) is 6.05. The van der Waals surface area contributed by atoms with Gasteiger partial charge in [-0.3, -0.25) is 0 Å². The molecule has 2 nitrogen and oxygen atoms in total. The molecule has 0 aliphatic carbocycles. The van der Waals surface area contributed by atoms with Gasteiger partial charge in [0.15, 0.2) is 5.90 Å². The average molecular weight is 209 g/mol. The number of rotatable bonds is 5. The van der Waals surface area contributed by atoms with Crippen molar-refractivity contribution in [1.82, 2.24) is 0 Å². The molecule has 1 aliphatic heterocycles. The van der Waals surface area contributed by atoms with Crippen molar-refractivity contribution in [2.24, 2.45) is 10.9 Å². The Hall–Kier alpha value is -0.790. The van der Waals surface area contributed by atoms with Gasteiger partial charge in [0.05, 0.1) is 0 Å². The van der Waals surface area contributed by atoms with Gasteiger partial charge in [-0.25, -0.2) is 4.99 Å². The van der Waals surface area contributed by atoms with E-state index in [-0.39, 0.29) is 5.60 Å². The van der Waals surface area contributed by atoms with Crippen molar-refractivity contribution in [3.05, 3.63) is 12.3 Å². The average Bonchev–Trinajstić information content (AvgIpc) is 2.18. The summed E-state index contributed by atoms with van der Waals surface area (Å²) in [5.74, 6) is 1.35. The first-order valence-corrected chi connectivity index (χ1v) is 6.05. The molecule has 0 aromatic heterocycles. The molecule has 0 N–H and O–H groups in total. The molecule has 0 saturated heterocycles. The summed E-state index contributed by atoms with van der Waals surface area (Å²) in [6.45, 7) is 8.71. The minimum absolute atomic E-state index is 0.131. The van der Waals surface area contributed by atoms with Gasteiger partial charge in [-0.1, -0.05) is 33.6 Å². The topological polar surface area (TPSA) is 21.6 Å². The zero-order chi connectivity index (χ0) is 11.3. The van der Waals surface area contributed by atoms with Crippen LogP contribution in [0.3, 0.4) is 0 Å². The molecule has 0 aromatic rings. The predicted octanol–water partition coefficient (Wildman–Crippen LogP) is 3.92. The monoisotopic (exact) mass is 209 g/mol. The standard InChI is InChI=1S/C13H23NO/c1-5-7-11(3)12-14-10-9-13(4,15-12)8-6-2/h9-11H,5-8H2,1-4H3. The second-order valence-corrected chi connectivity index (χ2v) is 4.64. The lowest BCUT2D eigenvalue weighted by atomic mass is 9.98. The Balaban J connectivity index is 2.63. The third-order valence-corrected chi connectivity index (χ3v) is 2.86. The van der Waals surface area contributed by atoms with Crippen LogP contribution in [0.15, 0.2) is 17.3 Å². The summed E-state index contributed by atoms with van der Waals surface area (Å²) in [6.07, 6.45) is 8.49. The van der Waals surface area contributed by atoms with E-state index >= 15 is 0 Å². The van der Waals surface area contributed by atoms with Gasteiger partial charge in [-0.05, 0) is 25.8 Å². The van der Waals surface area contributed by atoms with E-state index in [4.69, 9.17) is 4.74 Å². The van der Waals surface area contributed by atoms with Gasteiger partial charge in [-0.2, -0.15) is 0 Å². The zero-order valence-electron chi connectivity index (χ0n) is 10.4. The van der Waals surface area contributed by atoms with Crippen molar-refractivity contribution in [2.45, 2.75) is 59.0 Å². The van der Waals surface area contributed by atoms with Crippen molar-refractivity contribution >= 4 is 5.90 Å². The number of aliphatic imine (C=N–C) groups is 1. The third kappa shape index (κ3) is 3.37. The summed E-state index contributed by atoms with van der Waals surface area (Å²) in [5.41, 5.74) is -0.131. The van der Waals surface area contributed by atoms with Crippen LogP contribution in [0.1, 0.15) is 53.4 Å². The van der Waals surface area contributed by atoms with Crippen LogP contribution in [0.5, 0.6) is 0 Å². The lowest BCUT2D eigenvalue weighted by molar-refractivity contribution is 0.101. The molecule has 15 heavy (non-hydrogen) atoms. The van der Waals surface area contributed by atoms with Gasteiger partial charge in [0, 0.05) is 12.1 Å². The largest absolute Gasteiger partial charge is 0.470 e. The summed E-state index contributed by atoms with van der Waals surface area (Å²) in [4.78, 5) is 4.34. The van der Waals surface area contributed by atoms with Crippen molar-refractivity contribution in [2.75, 3.05) is 0 Å². The molecule has 1 heterocycles. The Bertz CT molecular complexity index is 257. The van der Waals surface area contributed by atoms with E-state index in [9.17, 15) is 0 Å². The maximum absolute atomic E-state index is 5.99. The molecule has 86 valence electrons. The Morgan fingerprint density at radius 3 is 2.73 bits per heavy atom. The third-order valence-electron chi connectivity index (χ3n) is 2.86. The molecule has 2 unspecified atom stereocenters. The molecule has 0 fully saturated rings. The molecule has 0 bridgehead atoms. The minimum atomic E-state index is -0.131. The Morgan fingerprint density at radius 1 is 1.40 bits per heavy atom. The van der Waals surface area contributed by atoms with Crippen molar-refractivity contribution in [3.8, 4) is 0 Å². The van der Waals surface area contributed by atoms with E-state index < -0.39 is 0 Å². The maximum Gasteiger partial charge on any atom is 0.191 e. The molecule has 0 spiro atoms. The first kappa shape index (κ1) is 12.3. The number of hydrogen-bond donors (Lipinski definition) is 0. The maximum atomic E-state index is 5.99. The van der Waals surface area contributed by atoms with E-state index in [1.54, 1.807) is 0 Å². The van der Waals surface area contributed by atoms with E-state index in [2.05, 4.69) is 38.8 Å². The molecular weight excluding hydrogens is 186 g/mol. The Kier molecular flexibility index (Phi) is 4.37. The van der Waals surface area contributed by atoms with Crippen LogP contribution in [0.2, 0.25) is 0 Å². The molecule has 2 atom stereocenters. The number of ether oxygens (including phenoxy) is 1. The van der Waals surface area contributed by atoms with Crippen LogP contribution < -0.4 is 0 Å². The summed E-state index contributed by atoms with van der Waals surface area (Å²) in [7, 11) is 0. The Labute approximate surface area is 93.4 Å². The normalized spacial score (nSPS) is 27.1. The SMILES string of the molecule is CCCC(C)C1=NC=CC(C)(CCC)O1. The predicted molar refractivity (Wildman–Crippen MR) is 65.0 cm³/mol. The van der Waals surface area contributed by atoms with E-state index in [1.165, 1.54) is 6.42 Å². The molecule has 2 heteroatoms. The van der Waals surface area contributed by atoms with Crippen LogP contribution in [0, 0.1) is 5.92 Å². The zero-order valence-corrected chi connectivity index (χ0v) is 10.4. The van der Waals surface area contributed by atoms with Gasteiger partial charge < -0.3 is 4.74 Å². The van der Waals surface area contributed by atoms with E-state index in [0.29, 0.717) is 5.92 Å². The summed E-state index contributed by atoms with van der Waals surface area (Å²) >= 11 is 0. The lowest BCUT2D eigenvalue weighted by Crippen LogP contribution is -2.34. The van der Waals surface area contributed by atoms with Gasteiger partial charge in [-0.15, -0.1) is 0 Å². The summed E-state index contributed by atoms with van der Waals surface area (Å²) in [5, 5.41) is 0. The summed E-state index contributed by atoms with van der Waals surface area (Å²) in [6, 6.07) is 0. The Morgan fingerprint density at radius 2 is 2.13 bits per heavy atom. The smallest absolute Gasteiger partial charge is 0.191 e. The minimum Gasteiger partial charge on any atom is -0.470 e. The van der Waals surface area contributed by atoms with Crippen LogP contribution in [0.4, 0.5) is 0 Å². The summed E-state index contributed by atoms with van der Waals surface area (Å²) < 4.78 is 5.99. The fourth-order valence-corrected chi connectivity index (χ4v) is 1.98. The highest BCUT2D eigenvalue weighted by molar-refractivity contribution is 5.80.